The third kappa shape index (κ3) is 3.32. The van der Waals surface area contributed by atoms with Crippen molar-refractivity contribution in [2.24, 2.45) is 0 Å². The molecule has 0 aromatic carbocycles. The Morgan fingerprint density at radius 3 is 2.54 bits per heavy atom. The van der Waals surface area contributed by atoms with E-state index in [1.165, 1.54) is 0 Å². The van der Waals surface area contributed by atoms with Gasteiger partial charge in [0.2, 0.25) is 0 Å². The molecule has 7 nitrogen and oxygen atoms in total. The zero-order chi connectivity index (χ0) is 17.9. The summed E-state index contributed by atoms with van der Waals surface area (Å²) in [5, 5.41) is 11.4. The third-order valence-corrected chi connectivity index (χ3v) is 3.96. The summed E-state index contributed by atoms with van der Waals surface area (Å²) in [6.07, 6.45) is 6.94. The minimum atomic E-state index is 0.383. The predicted molar refractivity (Wildman–Crippen MR) is 100.0 cm³/mol. The number of nitrogens with one attached hydrogen (secondary N) is 1. The van der Waals surface area contributed by atoms with Gasteiger partial charge in [-0.3, -0.25) is 4.98 Å². The van der Waals surface area contributed by atoms with Crippen LogP contribution in [0.25, 0.3) is 22.4 Å². The van der Waals surface area contributed by atoms with Crippen LogP contribution in [0.3, 0.4) is 0 Å². The molecule has 0 saturated heterocycles. The first-order valence-corrected chi connectivity index (χ1v) is 8.33. The Kier molecular flexibility index (Phi) is 4.18. The van der Waals surface area contributed by atoms with Gasteiger partial charge in [-0.1, -0.05) is 13.8 Å². The van der Waals surface area contributed by atoms with Crippen molar-refractivity contribution in [2.75, 3.05) is 5.32 Å². The summed E-state index contributed by atoms with van der Waals surface area (Å²) >= 11 is 0. The van der Waals surface area contributed by atoms with Crippen molar-refractivity contribution in [1.82, 2.24) is 30.1 Å². The lowest BCUT2D eigenvalue weighted by atomic mass is 10.1. The molecular formula is C19H17N7. The van der Waals surface area contributed by atoms with Crippen molar-refractivity contribution in [3.63, 3.8) is 0 Å². The summed E-state index contributed by atoms with van der Waals surface area (Å²) in [5.41, 5.74) is 3.50. The van der Waals surface area contributed by atoms with Crippen molar-refractivity contribution in [1.29, 1.82) is 0 Å². The zero-order valence-corrected chi connectivity index (χ0v) is 14.5. The fourth-order valence-electron chi connectivity index (χ4n) is 2.54. The number of nitrogens with zero attached hydrogens (tertiary/aromatic N) is 6. The summed E-state index contributed by atoms with van der Waals surface area (Å²) < 4.78 is 0. The van der Waals surface area contributed by atoms with Crippen molar-refractivity contribution >= 4 is 22.7 Å². The number of rotatable bonds is 4. The van der Waals surface area contributed by atoms with Crippen molar-refractivity contribution in [2.45, 2.75) is 19.8 Å². The number of anilines is 2. The minimum absolute atomic E-state index is 0.383. The normalized spacial score (nSPS) is 11.0. The van der Waals surface area contributed by atoms with Crippen LogP contribution < -0.4 is 5.32 Å². The maximum absolute atomic E-state index is 4.63. The average molecular weight is 343 g/mol. The summed E-state index contributed by atoms with van der Waals surface area (Å²) in [4.78, 5) is 17.6. The maximum Gasteiger partial charge on any atom is 0.160 e. The summed E-state index contributed by atoms with van der Waals surface area (Å²) in [5.74, 6) is 2.35. The first-order valence-electron chi connectivity index (χ1n) is 8.33. The lowest BCUT2D eigenvalue weighted by molar-refractivity contribution is 0.843. The van der Waals surface area contributed by atoms with Gasteiger partial charge < -0.3 is 5.32 Å². The molecule has 1 N–H and O–H groups in total. The van der Waals surface area contributed by atoms with E-state index in [9.17, 15) is 0 Å². The van der Waals surface area contributed by atoms with Gasteiger partial charge in [-0.2, -0.15) is 5.10 Å². The fourth-order valence-corrected chi connectivity index (χ4v) is 2.54. The monoisotopic (exact) mass is 343 g/mol. The van der Waals surface area contributed by atoms with Gasteiger partial charge in [0, 0.05) is 24.2 Å². The Bertz CT molecular complexity index is 1050. The summed E-state index contributed by atoms with van der Waals surface area (Å²) in [6, 6.07) is 9.48. The molecule has 0 saturated carbocycles. The number of pyridine rings is 2. The van der Waals surface area contributed by atoms with Crippen molar-refractivity contribution in [3.8, 4) is 11.4 Å². The van der Waals surface area contributed by atoms with Crippen molar-refractivity contribution < 1.29 is 0 Å². The SMILES string of the molecule is CC(C)c1cnnc(Nc2ccc3ncc(-c4ncccn4)cc3n2)c1. The van der Waals surface area contributed by atoms with Gasteiger partial charge in [-0.05, 0) is 41.8 Å². The molecule has 0 radical (unpaired) electrons. The van der Waals surface area contributed by atoms with Crippen molar-refractivity contribution in [3.05, 3.63) is 60.7 Å². The van der Waals surface area contributed by atoms with Gasteiger partial charge in [0.25, 0.3) is 0 Å². The smallest absolute Gasteiger partial charge is 0.160 e. The van der Waals surface area contributed by atoms with E-state index in [4.69, 9.17) is 0 Å². The van der Waals surface area contributed by atoms with Crippen LogP contribution in [0.5, 0.6) is 0 Å². The maximum atomic E-state index is 4.63. The average Bonchev–Trinajstić information content (AvgIpc) is 2.68. The molecule has 4 aromatic rings. The van der Waals surface area contributed by atoms with Crippen LogP contribution in [-0.4, -0.2) is 30.1 Å². The standard InChI is InChI=1S/C19H17N7/c1-12(2)13-9-18(26-23-11-13)25-17-5-4-15-16(24-17)8-14(10-22-15)19-20-6-3-7-21-19/h3-12H,1-2H3,(H,24,25,26). The molecule has 0 bridgehead atoms. The Balaban J connectivity index is 1.67. The second kappa shape index (κ2) is 6.79. The van der Waals surface area contributed by atoms with E-state index in [1.807, 2.05) is 24.3 Å². The molecule has 4 heterocycles. The van der Waals surface area contributed by atoms with Crippen LogP contribution in [0, 0.1) is 0 Å². The molecule has 0 amide bonds. The number of hydrogen-bond acceptors (Lipinski definition) is 7. The molecule has 0 spiro atoms. The Labute approximate surface area is 150 Å². The zero-order valence-electron chi connectivity index (χ0n) is 14.5. The molecule has 0 atom stereocenters. The molecule has 0 aliphatic heterocycles. The minimum Gasteiger partial charge on any atom is -0.323 e. The second-order valence-corrected chi connectivity index (χ2v) is 6.18. The predicted octanol–water partition coefficient (Wildman–Crippen LogP) is 3.74. The van der Waals surface area contributed by atoms with Gasteiger partial charge in [-0.15, -0.1) is 5.10 Å². The van der Waals surface area contributed by atoms with Gasteiger partial charge in [0.15, 0.2) is 11.6 Å². The molecule has 0 aliphatic rings. The third-order valence-electron chi connectivity index (χ3n) is 3.96. The Morgan fingerprint density at radius 1 is 0.885 bits per heavy atom. The van der Waals surface area contributed by atoms with E-state index in [1.54, 1.807) is 30.9 Å². The number of hydrogen-bond donors (Lipinski definition) is 1. The van der Waals surface area contributed by atoms with Crippen LogP contribution in [0.15, 0.2) is 55.1 Å². The highest BCUT2D eigenvalue weighted by atomic mass is 15.2. The van der Waals surface area contributed by atoms with E-state index in [2.05, 4.69) is 49.3 Å². The van der Waals surface area contributed by atoms with Crippen LogP contribution in [0.2, 0.25) is 0 Å². The quantitative estimate of drug-likeness (QED) is 0.603. The van der Waals surface area contributed by atoms with E-state index in [0.29, 0.717) is 23.4 Å². The molecular weight excluding hydrogens is 326 g/mol. The molecule has 26 heavy (non-hydrogen) atoms. The van der Waals surface area contributed by atoms with Gasteiger partial charge >= 0.3 is 0 Å². The molecule has 4 aromatic heterocycles. The van der Waals surface area contributed by atoms with Crippen LogP contribution in [0.1, 0.15) is 25.3 Å². The van der Waals surface area contributed by atoms with Crippen LogP contribution >= 0.6 is 0 Å². The Hall–Kier alpha value is -3.48. The molecule has 7 heteroatoms. The lowest BCUT2D eigenvalue weighted by Crippen LogP contribution is -2.00. The van der Waals surface area contributed by atoms with Gasteiger partial charge in [0.1, 0.15) is 5.82 Å². The molecule has 0 aliphatic carbocycles. The van der Waals surface area contributed by atoms with E-state index in [-0.39, 0.29) is 0 Å². The fraction of sp³-hybridized carbons (Fsp3) is 0.158. The van der Waals surface area contributed by atoms with E-state index in [0.717, 1.165) is 22.2 Å². The number of aromatic nitrogens is 6. The Morgan fingerprint density at radius 2 is 1.73 bits per heavy atom. The van der Waals surface area contributed by atoms with Gasteiger partial charge in [-0.25, -0.2) is 15.0 Å². The summed E-state index contributed by atoms with van der Waals surface area (Å²) in [7, 11) is 0. The first kappa shape index (κ1) is 16.0. The highest BCUT2D eigenvalue weighted by molar-refractivity contribution is 5.80. The largest absolute Gasteiger partial charge is 0.323 e. The molecule has 128 valence electrons. The number of fused-ring (bicyclic) bond motifs is 1. The lowest BCUT2D eigenvalue weighted by Gasteiger charge is -2.09. The topological polar surface area (TPSA) is 89.4 Å². The highest BCUT2D eigenvalue weighted by Crippen LogP contribution is 2.22. The highest BCUT2D eigenvalue weighted by Gasteiger charge is 2.07. The van der Waals surface area contributed by atoms with Gasteiger partial charge in [0.05, 0.1) is 17.2 Å². The molecule has 0 unspecified atom stereocenters. The van der Waals surface area contributed by atoms with Crippen LogP contribution in [0.4, 0.5) is 11.6 Å². The summed E-state index contributed by atoms with van der Waals surface area (Å²) in [6.45, 7) is 4.24. The van der Waals surface area contributed by atoms with Crippen LogP contribution in [-0.2, 0) is 0 Å². The molecule has 4 rings (SSSR count). The second-order valence-electron chi connectivity index (χ2n) is 6.18. The molecule has 0 fully saturated rings. The van der Waals surface area contributed by atoms with E-state index < -0.39 is 0 Å². The van der Waals surface area contributed by atoms with E-state index >= 15 is 0 Å². The first-order chi connectivity index (χ1) is 12.7.